The molecule has 0 aromatic carbocycles. The number of amides is 2. The fraction of sp³-hybridized carbons (Fsp3) is 0.600. The second-order valence-electron chi connectivity index (χ2n) is 5.75. The van der Waals surface area contributed by atoms with Crippen molar-refractivity contribution in [3.8, 4) is 0 Å². The highest BCUT2D eigenvalue weighted by molar-refractivity contribution is 7.99. The molecule has 0 radical (unpaired) electrons. The van der Waals surface area contributed by atoms with E-state index in [1.54, 1.807) is 16.7 Å². The summed E-state index contributed by atoms with van der Waals surface area (Å²) in [6.45, 7) is 5.48. The first-order valence-corrected chi connectivity index (χ1v) is 8.98. The maximum absolute atomic E-state index is 12.8. The standard InChI is InChI=1S/C15H21N5O2S/c1-3-16-14-6-11-7-19(5-4-12(11)17-18-14)15(22)13-8-23-9-20(13)10(2)21/h6,13H,3-5,7-9H2,1-2H3,(H,16,18). The topological polar surface area (TPSA) is 78.4 Å². The Morgan fingerprint density at radius 3 is 3.00 bits per heavy atom. The molecule has 2 amide bonds. The van der Waals surface area contributed by atoms with E-state index in [0.717, 1.165) is 23.6 Å². The number of nitrogens with zero attached hydrogens (tertiary/aromatic N) is 4. The summed E-state index contributed by atoms with van der Waals surface area (Å²) >= 11 is 1.63. The Kier molecular flexibility index (Phi) is 4.70. The Balaban J connectivity index is 1.74. The van der Waals surface area contributed by atoms with Gasteiger partial charge in [0.2, 0.25) is 11.8 Å². The normalized spacial score (nSPS) is 20.3. The maximum Gasteiger partial charge on any atom is 0.246 e. The SMILES string of the molecule is CCNc1cc2c(nn1)CCN(C(=O)C1CSCN1C(C)=O)C2. The Labute approximate surface area is 139 Å². The number of fused-ring (bicyclic) bond motifs is 1. The smallest absolute Gasteiger partial charge is 0.246 e. The van der Waals surface area contributed by atoms with Crippen molar-refractivity contribution >= 4 is 29.4 Å². The number of rotatable bonds is 3. The third-order valence-electron chi connectivity index (χ3n) is 4.18. The molecule has 0 aliphatic carbocycles. The van der Waals surface area contributed by atoms with Crippen LogP contribution >= 0.6 is 11.8 Å². The fourth-order valence-corrected chi connectivity index (χ4v) is 4.16. The van der Waals surface area contributed by atoms with Crippen molar-refractivity contribution in [1.82, 2.24) is 20.0 Å². The first kappa shape index (κ1) is 16.0. The maximum atomic E-state index is 12.8. The highest BCUT2D eigenvalue weighted by Crippen LogP contribution is 2.25. The van der Waals surface area contributed by atoms with Gasteiger partial charge in [0.1, 0.15) is 11.9 Å². The van der Waals surface area contributed by atoms with Crippen molar-refractivity contribution in [3.05, 3.63) is 17.3 Å². The minimum atomic E-state index is -0.331. The molecule has 1 saturated heterocycles. The van der Waals surface area contributed by atoms with Gasteiger partial charge in [-0.2, -0.15) is 5.10 Å². The van der Waals surface area contributed by atoms with Gasteiger partial charge < -0.3 is 15.1 Å². The van der Waals surface area contributed by atoms with Crippen LogP contribution < -0.4 is 5.32 Å². The zero-order valence-corrected chi connectivity index (χ0v) is 14.2. The molecule has 2 aliphatic heterocycles. The van der Waals surface area contributed by atoms with Gasteiger partial charge in [0.05, 0.1) is 11.6 Å². The van der Waals surface area contributed by atoms with Gasteiger partial charge in [-0.1, -0.05) is 0 Å². The van der Waals surface area contributed by atoms with Crippen molar-refractivity contribution in [1.29, 1.82) is 0 Å². The Bertz CT molecular complexity index is 624. The van der Waals surface area contributed by atoms with Crippen LogP contribution in [0.15, 0.2) is 6.07 Å². The molecule has 1 N–H and O–H groups in total. The molecule has 8 heteroatoms. The van der Waals surface area contributed by atoms with E-state index in [2.05, 4.69) is 15.5 Å². The second kappa shape index (κ2) is 6.74. The summed E-state index contributed by atoms with van der Waals surface area (Å²) in [6.07, 6.45) is 0.709. The number of anilines is 1. The number of hydrogen-bond donors (Lipinski definition) is 1. The zero-order valence-electron chi connectivity index (χ0n) is 13.4. The van der Waals surface area contributed by atoms with Crippen LogP contribution in [0, 0.1) is 0 Å². The highest BCUT2D eigenvalue weighted by Gasteiger charge is 2.36. The van der Waals surface area contributed by atoms with Gasteiger partial charge in [-0.3, -0.25) is 9.59 Å². The van der Waals surface area contributed by atoms with Gasteiger partial charge in [0, 0.05) is 38.7 Å². The van der Waals surface area contributed by atoms with Crippen molar-refractivity contribution in [3.63, 3.8) is 0 Å². The summed E-state index contributed by atoms with van der Waals surface area (Å²) in [6, 6.07) is 1.64. The number of nitrogens with one attached hydrogen (secondary N) is 1. The molecule has 3 heterocycles. The average molecular weight is 335 g/mol. The lowest BCUT2D eigenvalue weighted by Crippen LogP contribution is -2.49. The van der Waals surface area contributed by atoms with Crippen molar-refractivity contribution in [2.24, 2.45) is 0 Å². The second-order valence-corrected chi connectivity index (χ2v) is 6.75. The molecule has 7 nitrogen and oxygen atoms in total. The first-order valence-electron chi connectivity index (χ1n) is 7.83. The van der Waals surface area contributed by atoms with Gasteiger partial charge in [-0.05, 0) is 18.6 Å². The Morgan fingerprint density at radius 1 is 1.43 bits per heavy atom. The van der Waals surface area contributed by atoms with E-state index in [1.807, 2.05) is 17.9 Å². The Morgan fingerprint density at radius 2 is 2.26 bits per heavy atom. The van der Waals surface area contributed by atoms with Crippen LogP contribution in [0.25, 0.3) is 0 Å². The first-order chi connectivity index (χ1) is 11.1. The predicted molar refractivity (Wildman–Crippen MR) is 88.9 cm³/mol. The molecular weight excluding hydrogens is 314 g/mol. The van der Waals surface area contributed by atoms with E-state index in [9.17, 15) is 9.59 Å². The number of hydrogen-bond acceptors (Lipinski definition) is 6. The molecule has 1 aromatic rings. The van der Waals surface area contributed by atoms with Gasteiger partial charge >= 0.3 is 0 Å². The molecule has 124 valence electrons. The molecule has 0 saturated carbocycles. The molecule has 1 aromatic heterocycles. The van der Waals surface area contributed by atoms with E-state index in [-0.39, 0.29) is 17.9 Å². The summed E-state index contributed by atoms with van der Waals surface area (Å²) in [5, 5.41) is 11.5. The third-order valence-corrected chi connectivity index (χ3v) is 5.19. The van der Waals surface area contributed by atoms with E-state index in [4.69, 9.17) is 0 Å². The lowest BCUT2D eigenvalue weighted by molar-refractivity contribution is -0.143. The molecule has 1 atom stereocenters. The minimum absolute atomic E-state index is 0.0361. The van der Waals surface area contributed by atoms with Crippen LogP contribution in [0.5, 0.6) is 0 Å². The van der Waals surface area contributed by atoms with Gasteiger partial charge in [-0.15, -0.1) is 16.9 Å². The summed E-state index contributed by atoms with van der Waals surface area (Å²) < 4.78 is 0. The minimum Gasteiger partial charge on any atom is -0.369 e. The number of carbonyl (C=O) groups excluding carboxylic acids is 2. The van der Waals surface area contributed by atoms with E-state index >= 15 is 0 Å². The van der Waals surface area contributed by atoms with Gasteiger partial charge in [-0.25, -0.2) is 0 Å². The van der Waals surface area contributed by atoms with Crippen molar-refractivity contribution < 1.29 is 9.59 Å². The lowest BCUT2D eigenvalue weighted by Gasteiger charge is -2.32. The van der Waals surface area contributed by atoms with E-state index in [1.165, 1.54) is 6.92 Å². The molecule has 23 heavy (non-hydrogen) atoms. The molecule has 1 fully saturated rings. The van der Waals surface area contributed by atoms with Gasteiger partial charge in [0.15, 0.2) is 0 Å². The molecule has 1 unspecified atom stereocenters. The third kappa shape index (κ3) is 3.26. The summed E-state index contributed by atoms with van der Waals surface area (Å²) in [5.41, 5.74) is 2.00. The number of carbonyl (C=O) groups is 2. The molecule has 0 bridgehead atoms. The van der Waals surface area contributed by atoms with E-state index < -0.39 is 0 Å². The van der Waals surface area contributed by atoms with Crippen LogP contribution in [0.1, 0.15) is 25.1 Å². The summed E-state index contributed by atoms with van der Waals surface area (Å²) in [5.74, 6) is 2.02. The molecule has 2 aliphatic rings. The van der Waals surface area contributed by atoms with Crippen LogP contribution in [-0.4, -0.2) is 62.6 Å². The van der Waals surface area contributed by atoms with Crippen LogP contribution in [0.2, 0.25) is 0 Å². The average Bonchev–Trinajstić information content (AvgIpc) is 3.03. The quantitative estimate of drug-likeness (QED) is 0.877. The zero-order chi connectivity index (χ0) is 16.4. The van der Waals surface area contributed by atoms with Crippen LogP contribution in [0.3, 0.4) is 0 Å². The molecular formula is C15H21N5O2S. The van der Waals surface area contributed by atoms with Crippen LogP contribution in [-0.2, 0) is 22.6 Å². The van der Waals surface area contributed by atoms with Crippen molar-refractivity contribution in [2.45, 2.75) is 32.9 Å². The Hall–Kier alpha value is -1.83. The summed E-state index contributed by atoms with van der Waals surface area (Å²) in [7, 11) is 0. The van der Waals surface area contributed by atoms with Gasteiger partial charge in [0.25, 0.3) is 0 Å². The lowest BCUT2D eigenvalue weighted by atomic mass is 10.1. The van der Waals surface area contributed by atoms with Crippen LogP contribution in [0.4, 0.5) is 5.82 Å². The monoisotopic (exact) mass is 335 g/mol. The fourth-order valence-electron chi connectivity index (χ4n) is 2.95. The molecule has 0 spiro atoms. The largest absolute Gasteiger partial charge is 0.369 e. The summed E-state index contributed by atoms with van der Waals surface area (Å²) in [4.78, 5) is 28.0. The number of thioether (sulfide) groups is 1. The van der Waals surface area contributed by atoms with Crippen molar-refractivity contribution in [2.75, 3.05) is 30.0 Å². The highest BCUT2D eigenvalue weighted by atomic mass is 32.2. The predicted octanol–water partition coefficient (Wildman–Crippen LogP) is 0.714. The number of aromatic nitrogens is 2. The molecule has 3 rings (SSSR count). The van der Waals surface area contributed by atoms with E-state index in [0.29, 0.717) is 31.1 Å².